The monoisotopic (exact) mass is 395 g/mol. The van der Waals surface area contributed by atoms with Crippen molar-refractivity contribution in [3.05, 3.63) is 51.4 Å². The molecular weight excluding hydrogens is 378 g/mol. The summed E-state index contributed by atoms with van der Waals surface area (Å²) in [5.74, 6) is -0.168. The van der Waals surface area contributed by atoms with E-state index in [0.717, 1.165) is 11.9 Å². The van der Waals surface area contributed by atoms with Gasteiger partial charge in [-0.3, -0.25) is 9.59 Å². The van der Waals surface area contributed by atoms with Crippen LogP contribution in [0.1, 0.15) is 23.7 Å². The van der Waals surface area contributed by atoms with Gasteiger partial charge in [-0.25, -0.2) is 9.78 Å². The molecule has 0 saturated carbocycles. The van der Waals surface area contributed by atoms with Gasteiger partial charge in [0, 0.05) is 16.8 Å². The summed E-state index contributed by atoms with van der Waals surface area (Å²) >= 11 is 7.40. The highest BCUT2D eigenvalue weighted by Crippen LogP contribution is 2.16. The van der Waals surface area contributed by atoms with Gasteiger partial charge in [0.2, 0.25) is 0 Å². The Morgan fingerprint density at radius 1 is 1.35 bits per heavy atom. The largest absolute Gasteiger partial charge is 0.480 e. The van der Waals surface area contributed by atoms with Crippen LogP contribution in [0, 0.1) is 0 Å². The molecular formula is C17H18ClN3O4S. The van der Waals surface area contributed by atoms with E-state index in [1.165, 1.54) is 0 Å². The summed E-state index contributed by atoms with van der Waals surface area (Å²) < 4.78 is 0. The second-order valence-corrected chi connectivity index (χ2v) is 7.16. The van der Waals surface area contributed by atoms with Crippen molar-refractivity contribution in [2.24, 2.45) is 0 Å². The standard InChI is InChI=1S/C17H18ClN3O4S/c1-2-26-8-7-13(17(24)25)20-15(22)12-9-19-14(21-16(12)23)10-3-5-11(18)6-4-10/h3-6,9,13H,2,7-8H2,1H3,(H,20,22)(H,24,25)(H,19,21,23). The highest BCUT2D eigenvalue weighted by molar-refractivity contribution is 7.99. The van der Waals surface area contributed by atoms with E-state index in [9.17, 15) is 19.5 Å². The lowest BCUT2D eigenvalue weighted by atomic mass is 10.2. The molecule has 1 aromatic heterocycles. The van der Waals surface area contributed by atoms with Gasteiger partial charge in [0.05, 0.1) is 0 Å². The van der Waals surface area contributed by atoms with Gasteiger partial charge in [0.15, 0.2) is 0 Å². The number of carbonyl (C=O) groups excluding carboxylic acids is 1. The van der Waals surface area contributed by atoms with Gasteiger partial charge in [0.1, 0.15) is 17.4 Å². The molecule has 138 valence electrons. The summed E-state index contributed by atoms with van der Waals surface area (Å²) in [4.78, 5) is 42.3. The molecule has 3 N–H and O–H groups in total. The lowest BCUT2D eigenvalue weighted by molar-refractivity contribution is -0.139. The number of hydrogen-bond donors (Lipinski definition) is 3. The third-order valence-corrected chi connectivity index (χ3v) is 4.70. The molecule has 2 rings (SSSR count). The minimum absolute atomic E-state index is 0.239. The molecule has 7 nitrogen and oxygen atoms in total. The number of benzene rings is 1. The molecule has 26 heavy (non-hydrogen) atoms. The normalized spacial score (nSPS) is 11.8. The predicted molar refractivity (Wildman–Crippen MR) is 102 cm³/mol. The predicted octanol–water partition coefficient (Wildman–Crippen LogP) is 2.42. The van der Waals surface area contributed by atoms with Crippen LogP contribution in [-0.2, 0) is 4.79 Å². The molecule has 1 aromatic carbocycles. The second kappa shape index (κ2) is 9.40. The minimum atomic E-state index is -1.14. The maximum absolute atomic E-state index is 12.2. The van der Waals surface area contributed by atoms with Crippen LogP contribution in [0.3, 0.4) is 0 Å². The Bertz CT molecular complexity index is 839. The number of aliphatic carboxylic acids is 1. The van der Waals surface area contributed by atoms with Gasteiger partial charge < -0.3 is 15.4 Å². The zero-order valence-electron chi connectivity index (χ0n) is 14.0. The molecule has 0 aliphatic heterocycles. The first-order valence-corrected chi connectivity index (χ1v) is 9.42. The molecule has 0 spiro atoms. The van der Waals surface area contributed by atoms with E-state index in [4.69, 9.17) is 11.6 Å². The number of halogens is 1. The fourth-order valence-corrected chi connectivity index (χ4v) is 2.97. The average molecular weight is 396 g/mol. The van der Waals surface area contributed by atoms with Gasteiger partial charge in [-0.05, 0) is 42.2 Å². The van der Waals surface area contributed by atoms with E-state index >= 15 is 0 Å². The number of thioether (sulfide) groups is 1. The van der Waals surface area contributed by atoms with Crippen molar-refractivity contribution in [3.8, 4) is 11.4 Å². The van der Waals surface area contributed by atoms with Crippen LogP contribution in [0.15, 0.2) is 35.3 Å². The Kier molecular flexibility index (Phi) is 7.23. The van der Waals surface area contributed by atoms with Crippen LogP contribution < -0.4 is 10.9 Å². The summed E-state index contributed by atoms with van der Waals surface area (Å²) in [6, 6.07) is 5.63. The molecule has 0 aliphatic rings. The third kappa shape index (κ3) is 5.34. The maximum Gasteiger partial charge on any atom is 0.326 e. The van der Waals surface area contributed by atoms with Crippen LogP contribution in [0.5, 0.6) is 0 Å². The zero-order valence-corrected chi connectivity index (χ0v) is 15.6. The summed E-state index contributed by atoms with van der Waals surface area (Å²) in [7, 11) is 0. The molecule has 0 radical (unpaired) electrons. The first-order valence-electron chi connectivity index (χ1n) is 7.89. The molecule has 0 fully saturated rings. The number of carbonyl (C=O) groups is 2. The summed E-state index contributed by atoms with van der Waals surface area (Å²) in [6.07, 6.45) is 1.41. The highest BCUT2D eigenvalue weighted by Gasteiger charge is 2.22. The Balaban J connectivity index is 2.14. The molecule has 2 aromatic rings. The zero-order chi connectivity index (χ0) is 19.1. The van der Waals surface area contributed by atoms with Gasteiger partial charge >= 0.3 is 5.97 Å². The summed E-state index contributed by atoms with van der Waals surface area (Å²) in [6.45, 7) is 1.96. The van der Waals surface area contributed by atoms with Crippen LogP contribution in [0.25, 0.3) is 11.4 Å². The van der Waals surface area contributed by atoms with Gasteiger partial charge in [-0.1, -0.05) is 18.5 Å². The number of carboxylic acids is 1. The number of nitrogens with one attached hydrogen (secondary N) is 2. The van der Waals surface area contributed by atoms with Crippen LogP contribution in [-0.4, -0.2) is 44.5 Å². The van der Waals surface area contributed by atoms with Crippen molar-refractivity contribution in [2.45, 2.75) is 19.4 Å². The van der Waals surface area contributed by atoms with E-state index in [2.05, 4.69) is 15.3 Å². The van der Waals surface area contributed by atoms with Gasteiger partial charge in [0.25, 0.3) is 11.5 Å². The van der Waals surface area contributed by atoms with Crippen molar-refractivity contribution in [2.75, 3.05) is 11.5 Å². The van der Waals surface area contributed by atoms with E-state index in [1.807, 2.05) is 6.92 Å². The first kappa shape index (κ1) is 20.0. The molecule has 1 atom stereocenters. The molecule has 0 saturated heterocycles. The van der Waals surface area contributed by atoms with Crippen LogP contribution in [0.2, 0.25) is 5.02 Å². The SMILES string of the molecule is CCSCCC(NC(=O)c1cnc(-c2ccc(Cl)cc2)[nH]c1=O)C(=O)O. The van der Waals surface area contributed by atoms with Crippen LogP contribution >= 0.6 is 23.4 Å². The average Bonchev–Trinajstić information content (AvgIpc) is 2.61. The highest BCUT2D eigenvalue weighted by atomic mass is 35.5. The number of aromatic amines is 1. The van der Waals surface area contributed by atoms with E-state index < -0.39 is 23.5 Å². The minimum Gasteiger partial charge on any atom is -0.480 e. The number of aromatic nitrogens is 2. The van der Waals surface area contributed by atoms with Crippen molar-refractivity contribution in [1.29, 1.82) is 0 Å². The molecule has 0 aliphatic carbocycles. The lowest BCUT2D eigenvalue weighted by Gasteiger charge is -2.14. The van der Waals surface area contributed by atoms with Crippen LogP contribution in [0.4, 0.5) is 0 Å². The van der Waals surface area contributed by atoms with Crippen molar-refractivity contribution >= 4 is 35.2 Å². The molecule has 1 amide bonds. The summed E-state index contributed by atoms with van der Waals surface area (Å²) in [5, 5.41) is 12.1. The molecule has 1 unspecified atom stereocenters. The molecule has 9 heteroatoms. The van der Waals surface area contributed by atoms with Crippen molar-refractivity contribution in [1.82, 2.24) is 15.3 Å². The quantitative estimate of drug-likeness (QED) is 0.592. The lowest BCUT2D eigenvalue weighted by Crippen LogP contribution is -2.43. The smallest absolute Gasteiger partial charge is 0.326 e. The van der Waals surface area contributed by atoms with Gasteiger partial charge in [-0.2, -0.15) is 11.8 Å². The molecule has 1 heterocycles. The topological polar surface area (TPSA) is 112 Å². The van der Waals surface area contributed by atoms with E-state index in [-0.39, 0.29) is 17.8 Å². The number of carboxylic acid groups (broad SMARTS) is 1. The number of amides is 1. The fraction of sp³-hybridized carbons (Fsp3) is 0.294. The number of H-pyrrole nitrogens is 1. The Hall–Kier alpha value is -2.32. The molecule has 0 bridgehead atoms. The van der Waals surface area contributed by atoms with Crippen molar-refractivity contribution < 1.29 is 14.7 Å². The Labute approximate surface area is 159 Å². The maximum atomic E-state index is 12.2. The Morgan fingerprint density at radius 2 is 2.04 bits per heavy atom. The Morgan fingerprint density at radius 3 is 2.62 bits per heavy atom. The summed E-state index contributed by atoms with van der Waals surface area (Å²) in [5.41, 5.74) is -0.245. The fourth-order valence-electron chi connectivity index (χ4n) is 2.15. The third-order valence-electron chi connectivity index (χ3n) is 3.52. The van der Waals surface area contributed by atoms with E-state index in [1.54, 1.807) is 36.0 Å². The van der Waals surface area contributed by atoms with Gasteiger partial charge in [-0.15, -0.1) is 0 Å². The second-order valence-electron chi connectivity index (χ2n) is 5.33. The number of nitrogens with zero attached hydrogens (tertiary/aromatic N) is 1. The number of rotatable bonds is 8. The van der Waals surface area contributed by atoms with E-state index in [0.29, 0.717) is 16.3 Å². The first-order chi connectivity index (χ1) is 12.4. The van der Waals surface area contributed by atoms with Crippen molar-refractivity contribution in [3.63, 3.8) is 0 Å². The number of hydrogen-bond acceptors (Lipinski definition) is 5.